The summed E-state index contributed by atoms with van der Waals surface area (Å²) in [7, 11) is 0. The fourth-order valence-electron chi connectivity index (χ4n) is 1.91. The highest BCUT2D eigenvalue weighted by atomic mass is 35.5. The molecule has 3 rings (SSSR count). The van der Waals surface area contributed by atoms with Crippen molar-refractivity contribution in [1.29, 1.82) is 0 Å². The van der Waals surface area contributed by atoms with Crippen LogP contribution in [0.3, 0.4) is 0 Å². The number of amides is 1. The summed E-state index contributed by atoms with van der Waals surface area (Å²) in [6.07, 6.45) is 1.46. The van der Waals surface area contributed by atoms with Gasteiger partial charge in [-0.25, -0.2) is 5.43 Å². The Balaban J connectivity index is 1.58. The lowest BCUT2D eigenvalue weighted by Crippen LogP contribution is -2.17. The Labute approximate surface area is 148 Å². The van der Waals surface area contributed by atoms with Crippen LogP contribution in [0.5, 0.6) is 0 Å². The van der Waals surface area contributed by atoms with Crippen LogP contribution in [-0.2, 0) is 0 Å². The van der Waals surface area contributed by atoms with Gasteiger partial charge in [-0.05, 0) is 42.5 Å². The van der Waals surface area contributed by atoms with Crippen LogP contribution < -0.4 is 5.43 Å². The predicted octanol–water partition coefficient (Wildman–Crippen LogP) is 4.85. The Morgan fingerprint density at radius 3 is 2.71 bits per heavy atom. The summed E-state index contributed by atoms with van der Waals surface area (Å²) >= 11 is 7.37. The molecule has 1 heterocycles. The van der Waals surface area contributed by atoms with E-state index in [2.05, 4.69) is 10.5 Å². The lowest BCUT2D eigenvalue weighted by molar-refractivity contribution is 0.0955. The minimum Gasteiger partial charge on any atom is -0.448 e. The highest BCUT2D eigenvalue weighted by molar-refractivity contribution is 7.99. The minimum atomic E-state index is -0.334. The molecular formula is C18H13ClN2O2S. The Hall–Kier alpha value is -2.50. The maximum absolute atomic E-state index is 11.9. The van der Waals surface area contributed by atoms with E-state index in [0.29, 0.717) is 16.3 Å². The molecule has 3 aromatic rings. The number of hydrogen-bond acceptors (Lipinski definition) is 4. The number of rotatable bonds is 5. The molecule has 0 aliphatic heterocycles. The van der Waals surface area contributed by atoms with Crippen LogP contribution in [0.1, 0.15) is 16.1 Å². The zero-order chi connectivity index (χ0) is 16.8. The molecule has 0 fully saturated rings. The van der Waals surface area contributed by atoms with Gasteiger partial charge in [-0.15, -0.1) is 0 Å². The zero-order valence-electron chi connectivity index (χ0n) is 12.5. The van der Waals surface area contributed by atoms with Crippen molar-refractivity contribution in [1.82, 2.24) is 5.43 Å². The molecule has 0 saturated carbocycles. The van der Waals surface area contributed by atoms with Crippen molar-refractivity contribution < 1.29 is 9.21 Å². The predicted molar refractivity (Wildman–Crippen MR) is 95.8 cm³/mol. The van der Waals surface area contributed by atoms with E-state index in [4.69, 9.17) is 16.0 Å². The van der Waals surface area contributed by atoms with E-state index in [0.717, 1.165) is 9.99 Å². The second-order valence-corrected chi connectivity index (χ2v) is 6.30. The molecule has 120 valence electrons. The van der Waals surface area contributed by atoms with Gasteiger partial charge in [0.1, 0.15) is 5.76 Å². The third kappa shape index (κ3) is 4.50. The van der Waals surface area contributed by atoms with Crippen molar-refractivity contribution in [2.24, 2.45) is 5.10 Å². The molecule has 0 unspecified atom stereocenters. The summed E-state index contributed by atoms with van der Waals surface area (Å²) in [4.78, 5) is 13.0. The first kappa shape index (κ1) is 16.4. The van der Waals surface area contributed by atoms with Crippen LogP contribution in [-0.4, -0.2) is 12.1 Å². The van der Waals surface area contributed by atoms with Crippen molar-refractivity contribution in [3.05, 3.63) is 83.1 Å². The largest absolute Gasteiger partial charge is 0.448 e. The van der Waals surface area contributed by atoms with Gasteiger partial charge in [0.25, 0.3) is 5.91 Å². The first-order valence-corrected chi connectivity index (χ1v) is 8.32. The topological polar surface area (TPSA) is 54.6 Å². The molecule has 0 aliphatic rings. The second-order valence-electron chi connectivity index (χ2n) is 4.78. The zero-order valence-corrected chi connectivity index (χ0v) is 14.1. The van der Waals surface area contributed by atoms with E-state index < -0.39 is 0 Å². The summed E-state index contributed by atoms with van der Waals surface area (Å²) in [6, 6.07) is 20.2. The van der Waals surface area contributed by atoms with Crippen LogP contribution in [0.2, 0.25) is 5.02 Å². The van der Waals surface area contributed by atoms with E-state index in [-0.39, 0.29) is 5.91 Å². The monoisotopic (exact) mass is 356 g/mol. The minimum absolute atomic E-state index is 0.334. The lowest BCUT2D eigenvalue weighted by Gasteiger charge is -1.99. The molecule has 0 radical (unpaired) electrons. The number of halogens is 1. The molecule has 0 saturated heterocycles. The second kappa shape index (κ2) is 7.86. The summed E-state index contributed by atoms with van der Waals surface area (Å²) in [5.41, 5.74) is 2.88. The third-order valence-electron chi connectivity index (χ3n) is 3.01. The van der Waals surface area contributed by atoms with E-state index in [9.17, 15) is 4.79 Å². The number of carbonyl (C=O) groups is 1. The SMILES string of the molecule is O=C(N/N=C\c1ccc(Sc2ccccc2)o1)c1cccc(Cl)c1. The molecule has 0 bridgehead atoms. The third-order valence-corrected chi connectivity index (χ3v) is 4.17. The summed E-state index contributed by atoms with van der Waals surface area (Å²) in [6.45, 7) is 0. The molecule has 0 spiro atoms. The van der Waals surface area contributed by atoms with E-state index in [1.54, 1.807) is 30.3 Å². The molecule has 1 amide bonds. The fraction of sp³-hybridized carbons (Fsp3) is 0. The van der Waals surface area contributed by atoms with Gasteiger partial charge < -0.3 is 4.42 Å². The molecule has 1 aromatic heterocycles. The first-order chi connectivity index (χ1) is 11.7. The van der Waals surface area contributed by atoms with Gasteiger partial charge in [0.05, 0.1) is 6.21 Å². The van der Waals surface area contributed by atoms with E-state index in [1.165, 1.54) is 18.0 Å². The average molecular weight is 357 g/mol. The Morgan fingerprint density at radius 2 is 1.92 bits per heavy atom. The quantitative estimate of drug-likeness (QED) is 0.525. The van der Waals surface area contributed by atoms with Crippen LogP contribution in [0.25, 0.3) is 0 Å². The number of nitrogens with zero attached hydrogens (tertiary/aromatic N) is 1. The number of hydrogen-bond donors (Lipinski definition) is 1. The first-order valence-electron chi connectivity index (χ1n) is 7.12. The normalized spacial score (nSPS) is 10.9. The molecule has 24 heavy (non-hydrogen) atoms. The Kier molecular flexibility index (Phi) is 5.36. The molecule has 0 atom stereocenters. The Bertz CT molecular complexity index is 862. The highest BCUT2D eigenvalue weighted by Gasteiger charge is 2.05. The maximum atomic E-state index is 11.9. The summed E-state index contributed by atoms with van der Waals surface area (Å²) < 4.78 is 5.64. The molecule has 0 aliphatic carbocycles. The summed E-state index contributed by atoms with van der Waals surface area (Å²) in [5.74, 6) is 0.221. The smallest absolute Gasteiger partial charge is 0.271 e. The molecule has 6 heteroatoms. The number of furan rings is 1. The van der Waals surface area contributed by atoms with E-state index in [1.807, 2.05) is 36.4 Å². The molecule has 1 N–H and O–H groups in total. The van der Waals surface area contributed by atoms with Gasteiger partial charge in [0.2, 0.25) is 0 Å². The van der Waals surface area contributed by atoms with Crippen molar-refractivity contribution in [2.45, 2.75) is 9.99 Å². The van der Waals surface area contributed by atoms with Crippen molar-refractivity contribution >= 4 is 35.5 Å². The highest BCUT2D eigenvalue weighted by Crippen LogP contribution is 2.28. The van der Waals surface area contributed by atoms with Gasteiger partial charge >= 0.3 is 0 Å². The van der Waals surface area contributed by atoms with Crippen LogP contribution in [0.15, 0.2) is 86.2 Å². The average Bonchev–Trinajstić information content (AvgIpc) is 3.03. The van der Waals surface area contributed by atoms with Gasteiger partial charge in [-0.1, -0.05) is 47.6 Å². The molecule has 4 nitrogen and oxygen atoms in total. The van der Waals surface area contributed by atoms with Crippen LogP contribution in [0.4, 0.5) is 0 Å². The van der Waals surface area contributed by atoms with Crippen LogP contribution in [0, 0.1) is 0 Å². The molecule has 2 aromatic carbocycles. The fourth-order valence-corrected chi connectivity index (χ4v) is 2.90. The van der Waals surface area contributed by atoms with Gasteiger partial charge in [-0.2, -0.15) is 5.10 Å². The van der Waals surface area contributed by atoms with Gasteiger partial charge in [0, 0.05) is 15.5 Å². The van der Waals surface area contributed by atoms with Gasteiger partial charge in [-0.3, -0.25) is 4.79 Å². The maximum Gasteiger partial charge on any atom is 0.271 e. The van der Waals surface area contributed by atoms with E-state index >= 15 is 0 Å². The number of carbonyl (C=O) groups excluding carboxylic acids is 1. The summed E-state index contributed by atoms with van der Waals surface area (Å²) in [5, 5.41) is 5.15. The van der Waals surface area contributed by atoms with Crippen molar-refractivity contribution in [3.8, 4) is 0 Å². The Morgan fingerprint density at radius 1 is 1.08 bits per heavy atom. The van der Waals surface area contributed by atoms with Crippen LogP contribution >= 0.6 is 23.4 Å². The molecular weight excluding hydrogens is 344 g/mol. The lowest BCUT2D eigenvalue weighted by atomic mass is 10.2. The number of benzene rings is 2. The standard InChI is InChI=1S/C18H13ClN2O2S/c19-14-6-4-5-13(11-14)18(22)21-20-12-15-9-10-17(23-15)24-16-7-2-1-3-8-16/h1-12H,(H,21,22)/b20-12-. The van der Waals surface area contributed by atoms with Crippen molar-refractivity contribution in [3.63, 3.8) is 0 Å². The number of nitrogens with one attached hydrogen (secondary N) is 1. The van der Waals surface area contributed by atoms with Crippen molar-refractivity contribution in [2.75, 3.05) is 0 Å². The number of hydrazone groups is 1. The van der Waals surface area contributed by atoms with Gasteiger partial charge in [0.15, 0.2) is 5.09 Å².